The average Bonchev–Trinajstić information content (AvgIpc) is 3.29. The van der Waals surface area contributed by atoms with Crippen molar-refractivity contribution in [1.82, 2.24) is 0 Å². The molecule has 0 heterocycles. The van der Waals surface area contributed by atoms with Crippen LogP contribution in [0.3, 0.4) is 0 Å². The number of allylic oxidation sites excluding steroid dienone is 12. The highest BCUT2D eigenvalue weighted by atomic mass is 14.4. The predicted molar refractivity (Wildman–Crippen MR) is 184 cm³/mol. The zero-order chi connectivity index (χ0) is 30.1. The van der Waals surface area contributed by atoms with E-state index in [1.54, 1.807) is 16.7 Å². The van der Waals surface area contributed by atoms with Gasteiger partial charge in [0.15, 0.2) is 0 Å². The molecule has 0 aromatic heterocycles. The maximum absolute atomic E-state index is 4.76. The first-order valence-electron chi connectivity index (χ1n) is 16.9. The van der Waals surface area contributed by atoms with Crippen molar-refractivity contribution in [3.05, 3.63) is 112 Å². The Morgan fingerprint density at radius 1 is 1.00 bits per heavy atom. The second-order valence-electron chi connectivity index (χ2n) is 15.4. The standard InChI is InChI=1S/C42H56/c1-9-31-12-16-37-27-42(8)28-39(24-40(42)23-38(37)22-31)30(5)21-36(15-13-32-25-41(6,7)26-32)35-19-17-34(18-20-35)33(10-2)14-11-29(3)4/h10-11,14,17-20,23-24,31-32,36H,3,5,9,12-13,15-16,21-22,25-28H2,1-2,4,6-8H3/b14-11-,33-10+/t31-,36-,42?/m0/s1. The highest BCUT2D eigenvalue weighted by Crippen LogP contribution is 2.54. The van der Waals surface area contributed by atoms with Gasteiger partial charge in [-0.15, -0.1) is 0 Å². The quantitative estimate of drug-likeness (QED) is 0.236. The Kier molecular flexibility index (Phi) is 9.22. The average molecular weight is 561 g/mol. The van der Waals surface area contributed by atoms with Gasteiger partial charge >= 0.3 is 0 Å². The van der Waals surface area contributed by atoms with Crippen LogP contribution in [0.15, 0.2) is 101 Å². The van der Waals surface area contributed by atoms with Crippen LogP contribution in [-0.4, -0.2) is 0 Å². The molecular formula is C42H56. The van der Waals surface area contributed by atoms with Crippen LogP contribution >= 0.6 is 0 Å². The first kappa shape index (κ1) is 30.8. The van der Waals surface area contributed by atoms with Crippen molar-refractivity contribution < 1.29 is 0 Å². The monoisotopic (exact) mass is 560 g/mol. The first-order valence-corrected chi connectivity index (χ1v) is 16.9. The molecule has 0 aliphatic heterocycles. The molecule has 4 aliphatic rings. The summed E-state index contributed by atoms with van der Waals surface area (Å²) in [6, 6.07) is 9.44. The van der Waals surface area contributed by atoms with Crippen molar-refractivity contribution in [3.63, 3.8) is 0 Å². The summed E-state index contributed by atoms with van der Waals surface area (Å²) in [4.78, 5) is 0. The zero-order valence-corrected chi connectivity index (χ0v) is 27.6. The van der Waals surface area contributed by atoms with E-state index >= 15 is 0 Å². The third-order valence-corrected chi connectivity index (χ3v) is 11.1. The summed E-state index contributed by atoms with van der Waals surface area (Å²) >= 11 is 0. The maximum atomic E-state index is 4.76. The Labute approximate surface area is 258 Å². The summed E-state index contributed by atoms with van der Waals surface area (Å²) in [5.74, 6) is 2.29. The third-order valence-electron chi connectivity index (χ3n) is 11.1. The molecule has 0 radical (unpaired) electrons. The summed E-state index contributed by atoms with van der Waals surface area (Å²) < 4.78 is 0. The molecule has 0 bridgehead atoms. The van der Waals surface area contributed by atoms with E-state index in [0.717, 1.165) is 30.3 Å². The molecule has 224 valence electrons. The minimum Gasteiger partial charge on any atom is -0.0961 e. The molecule has 4 aliphatic carbocycles. The Morgan fingerprint density at radius 3 is 2.38 bits per heavy atom. The van der Waals surface area contributed by atoms with Crippen LogP contribution in [0.4, 0.5) is 0 Å². The van der Waals surface area contributed by atoms with Gasteiger partial charge in [-0.05, 0) is 135 Å². The van der Waals surface area contributed by atoms with Crippen molar-refractivity contribution >= 4 is 5.57 Å². The lowest BCUT2D eigenvalue weighted by Gasteiger charge is -2.43. The van der Waals surface area contributed by atoms with Gasteiger partial charge in [0.2, 0.25) is 0 Å². The molecule has 3 atom stereocenters. The van der Waals surface area contributed by atoms with E-state index in [0.29, 0.717) is 11.3 Å². The molecule has 0 N–H and O–H groups in total. The molecule has 1 aromatic rings. The van der Waals surface area contributed by atoms with Gasteiger partial charge in [0.25, 0.3) is 0 Å². The van der Waals surface area contributed by atoms with E-state index < -0.39 is 0 Å². The van der Waals surface area contributed by atoms with E-state index in [1.807, 2.05) is 6.92 Å². The van der Waals surface area contributed by atoms with Gasteiger partial charge in [-0.2, -0.15) is 0 Å². The topological polar surface area (TPSA) is 0 Å². The van der Waals surface area contributed by atoms with E-state index in [2.05, 4.69) is 95.8 Å². The fourth-order valence-corrected chi connectivity index (χ4v) is 8.51. The van der Waals surface area contributed by atoms with Crippen LogP contribution in [0.1, 0.15) is 129 Å². The van der Waals surface area contributed by atoms with E-state index in [4.69, 9.17) is 6.58 Å². The summed E-state index contributed by atoms with van der Waals surface area (Å²) in [5.41, 5.74) is 13.8. The van der Waals surface area contributed by atoms with Crippen LogP contribution in [-0.2, 0) is 0 Å². The lowest BCUT2D eigenvalue weighted by Crippen LogP contribution is -2.31. The smallest absolute Gasteiger partial charge is 0.000267 e. The van der Waals surface area contributed by atoms with Crippen LogP contribution in [0.25, 0.3) is 5.57 Å². The van der Waals surface area contributed by atoms with Crippen LogP contribution in [0.5, 0.6) is 0 Å². The maximum Gasteiger partial charge on any atom is 0.000267 e. The largest absolute Gasteiger partial charge is 0.0961 e. The summed E-state index contributed by atoms with van der Waals surface area (Å²) in [6.45, 7) is 22.7. The van der Waals surface area contributed by atoms with Crippen LogP contribution in [0.2, 0.25) is 0 Å². The zero-order valence-electron chi connectivity index (χ0n) is 27.6. The summed E-state index contributed by atoms with van der Waals surface area (Å²) in [6.07, 6.45) is 25.8. The molecule has 42 heavy (non-hydrogen) atoms. The molecule has 5 rings (SSSR count). The fraction of sp³-hybridized carbons (Fsp3) is 0.524. The molecule has 1 aromatic carbocycles. The molecule has 1 saturated carbocycles. The molecule has 0 heteroatoms. The summed E-state index contributed by atoms with van der Waals surface area (Å²) in [5, 5.41) is 0. The van der Waals surface area contributed by atoms with Crippen molar-refractivity contribution in [2.45, 2.75) is 118 Å². The Balaban J connectivity index is 1.33. The van der Waals surface area contributed by atoms with Crippen LogP contribution in [0, 0.1) is 22.7 Å². The molecule has 0 spiro atoms. The normalized spacial score (nSPS) is 26.3. The van der Waals surface area contributed by atoms with Crippen molar-refractivity contribution in [2.75, 3.05) is 0 Å². The fourth-order valence-electron chi connectivity index (χ4n) is 8.51. The van der Waals surface area contributed by atoms with Gasteiger partial charge in [0.05, 0.1) is 0 Å². The molecular weight excluding hydrogens is 504 g/mol. The number of benzene rings is 1. The van der Waals surface area contributed by atoms with Crippen molar-refractivity contribution in [1.29, 1.82) is 0 Å². The SMILES string of the molecule is C=C(C)/C=C\C(=C/C)c1ccc([C@@H](CCC2CC(C)(C)C2)CC(=C)C2=CC3=CC4=C(CC[C@H](CC)C4)CC3(C)C2)cc1. The Bertz CT molecular complexity index is 1340. The molecule has 0 saturated heterocycles. The van der Waals surface area contributed by atoms with Gasteiger partial charge in [0, 0.05) is 5.41 Å². The second-order valence-corrected chi connectivity index (χ2v) is 15.4. The number of hydrogen-bond acceptors (Lipinski definition) is 0. The lowest BCUT2D eigenvalue weighted by molar-refractivity contribution is 0.0865. The number of rotatable bonds is 11. The molecule has 1 unspecified atom stereocenters. The third kappa shape index (κ3) is 6.96. The van der Waals surface area contributed by atoms with Crippen molar-refractivity contribution in [3.8, 4) is 0 Å². The highest BCUT2D eigenvalue weighted by Gasteiger charge is 2.40. The van der Waals surface area contributed by atoms with Crippen molar-refractivity contribution in [2.24, 2.45) is 22.7 Å². The minimum absolute atomic E-state index is 0.269. The highest BCUT2D eigenvalue weighted by molar-refractivity contribution is 5.74. The van der Waals surface area contributed by atoms with E-state index in [9.17, 15) is 0 Å². The Morgan fingerprint density at radius 2 is 1.74 bits per heavy atom. The number of fused-ring (bicyclic) bond motifs is 1. The first-order chi connectivity index (χ1) is 20.0. The lowest BCUT2D eigenvalue weighted by atomic mass is 9.62. The van der Waals surface area contributed by atoms with E-state index in [1.165, 1.54) is 85.6 Å². The second kappa shape index (κ2) is 12.6. The van der Waals surface area contributed by atoms with E-state index in [-0.39, 0.29) is 5.41 Å². The Hall–Kier alpha value is -2.60. The summed E-state index contributed by atoms with van der Waals surface area (Å²) in [7, 11) is 0. The molecule has 0 nitrogen and oxygen atoms in total. The molecule has 1 fully saturated rings. The van der Waals surface area contributed by atoms with Gasteiger partial charge in [0.1, 0.15) is 0 Å². The molecule has 0 amide bonds. The van der Waals surface area contributed by atoms with Gasteiger partial charge in [-0.25, -0.2) is 0 Å². The van der Waals surface area contributed by atoms with Gasteiger partial charge in [-0.3, -0.25) is 0 Å². The minimum atomic E-state index is 0.269. The van der Waals surface area contributed by atoms with Gasteiger partial charge < -0.3 is 0 Å². The number of hydrogen-bond donors (Lipinski definition) is 0. The predicted octanol–water partition coefficient (Wildman–Crippen LogP) is 12.6. The van der Waals surface area contributed by atoms with Crippen LogP contribution < -0.4 is 0 Å². The van der Waals surface area contributed by atoms with Gasteiger partial charge in [-0.1, -0.05) is 119 Å².